The van der Waals surface area contributed by atoms with E-state index in [1.165, 1.54) is 5.56 Å². The lowest BCUT2D eigenvalue weighted by molar-refractivity contribution is 0.0938. The van der Waals surface area contributed by atoms with Crippen LogP contribution in [0.1, 0.15) is 41.9 Å². The normalized spacial score (nSPS) is 11.9. The first-order chi connectivity index (χ1) is 13.4. The molecule has 0 bridgehead atoms. The molecule has 0 aliphatic rings. The first kappa shape index (κ1) is 19.7. The molecule has 0 radical (unpaired) electrons. The number of nitrogens with one attached hydrogen (secondary N) is 1. The second-order valence-electron chi connectivity index (χ2n) is 7.21. The van der Waals surface area contributed by atoms with Crippen LogP contribution in [0.25, 0.3) is 16.9 Å². The summed E-state index contributed by atoms with van der Waals surface area (Å²) in [5.41, 5.74) is 5.89. The predicted octanol–water partition coefficient (Wildman–Crippen LogP) is 5.30. The van der Waals surface area contributed by atoms with Gasteiger partial charge in [0.05, 0.1) is 18.4 Å². The van der Waals surface area contributed by atoms with Gasteiger partial charge in [0.1, 0.15) is 5.75 Å². The monoisotopic (exact) mass is 376 g/mol. The zero-order valence-electron chi connectivity index (χ0n) is 17.2. The first-order valence-corrected chi connectivity index (χ1v) is 9.69. The Kier molecular flexibility index (Phi) is 5.88. The van der Waals surface area contributed by atoms with Gasteiger partial charge in [0.2, 0.25) is 0 Å². The van der Waals surface area contributed by atoms with Gasteiger partial charge in [-0.2, -0.15) is 0 Å². The standard InChI is InChI=1S/C24H28N2O2/c1-6-17(3)25-24(27)22-15-23(19-9-13-21(28-5)14-10-19)26(18(22)4)20-11-7-16(2)8-12-20/h7-15,17H,6H2,1-5H3,(H,25,27)/t17-/m1/s1. The molecule has 0 aliphatic carbocycles. The number of aromatic nitrogens is 1. The SMILES string of the molecule is CC[C@@H](C)NC(=O)c1cc(-c2ccc(OC)cc2)n(-c2ccc(C)cc2)c1C. The van der Waals surface area contributed by atoms with Crippen LogP contribution in [-0.2, 0) is 0 Å². The lowest BCUT2D eigenvalue weighted by atomic mass is 10.1. The number of hydrogen-bond donors (Lipinski definition) is 1. The third kappa shape index (κ3) is 3.96. The maximum Gasteiger partial charge on any atom is 0.253 e. The lowest BCUT2D eigenvalue weighted by Gasteiger charge is -2.14. The fourth-order valence-electron chi connectivity index (χ4n) is 3.24. The molecule has 0 unspecified atom stereocenters. The molecule has 0 fully saturated rings. The number of methoxy groups -OCH3 is 1. The molecule has 2 aromatic carbocycles. The maximum absolute atomic E-state index is 12.9. The van der Waals surface area contributed by atoms with Gasteiger partial charge in [-0.25, -0.2) is 0 Å². The Balaban J connectivity index is 2.14. The molecule has 1 heterocycles. The summed E-state index contributed by atoms with van der Waals surface area (Å²) in [5, 5.41) is 3.09. The third-order valence-corrected chi connectivity index (χ3v) is 5.16. The van der Waals surface area contributed by atoms with Gasteiger partial charge in [-0.1, -0.05) is 24.6 Å². The van der Waals surface area contributed by atoms with Crippen LogP contribution in [0.4, 0.5) is 0 Å². The molecule has 1 aromatic heterocycles. The Morgan fingerprint density at radius 3 is 2.29 bits per heavy atom. The van der Waals surface area contributed by atoms with Gasteiger partial charge < -0.3 is 14.6 Å². The summed E-state index contributed by atoms with van der Waals surface area (Å²) in [6.07, 6.45) is 0.898. The van der Waals surface area contributed by atoms with Crippen molar-refractivity contribution in [3.63, 3.8) is 0 Å². The third-order valence-electron chi connectivity index (χ3n) is 5.16. The van der Waals surface area contributed by atoms with E-state index in [4.69, 9.17) is 4.74 Å². The topological polar surface area (TPSA) is 43.3 Å². The first-order valence-electron chi connectivity index (χ1n) is 9.69. The molecule has 3 aromatic rings. The molecule has 1 atom stereocenters. The zero-order valence-corrected chi connectivity index (χ0v) is 17.2. The molecule has 1 amide bonds. The van der Waals surface area contributed by atoms with Crippen molar-refractivity contribution < 1.29 is 9.53 Å². The number of amides is 1. The molecular weight excluding hydrogens is 348 g/mol. The fourth-order valence-corrected chi connectivity index (χ4v) is 3.24. The summed E-state index contributed by atoms with van der Waals surface area (Å²) in [7, 11) is 1.66. The molecule has 28 heavy (non-hydrogen) atoms. The Labute approximate surface area is 167 Å². The number of hydrogen-bond acceptors (Lipinski definition) is 2. The number of nitrogens with zero attached hydrogens (tertiary/aromatic N) is 1. The average Bonchev–Trinajstić information content (AvgIpc) is 3.06. The fraction of sp³-hybridized carbons (Fsp3) is 0.292. The highest BCUT2D eigenvalue weighted by atomic mass is 16.5. The quantitative estimate of drug-likeness (QED) is 0.634. The highest BCUT2D eigenvalue weighted by molar-refractivity contribution is 5.97. The van der Waals surface area contributed by atoms with E-state index < -0.39 is 0 Å². The van der Waals surface area contributed by atoms with E-state index >= 15 is 0 Å². The van der Waals surface area contributed by atoms with E-state index in [9.17, 15) is 4.79 Å². The van der Waals surface area contributed by atoms with Gasteiger partial charge in [0.15, 0.2) is 0 Å². The number of ether oxygens (including phenoxy) is 1. The van der Waals surface area contributed by atoms with E-state index in [-0.39, 0.29) is 11.9 Å². The summed E-state index contributed by atoms with van der Waals surface area (Å²) in [4.78, 5) is 12.9. The molecule has 0 saturated heterocycles. The molecule has 146 valence electrons. The molecular formula is C24H28N2O2. The minimum absolute atomic E-state index is 0.0347. The molecule has 0 aliphatic heterocycles. The van der Waals surface area contributed by atoms with Crippen molar-refractivity contribution >= 4 is 5.91 Å². The minimum atomic E-state index is -0.0347. The second kappa shape index (κ2) is 8.34. The van der Waals surface area contributed by atoms with E-state index in [2.05, 4.69) is 48.0 Å². The van der Waals surface area contributed by atoms with Gasteiger partial charge >= 0.3 is 0 Å². The van der Waals surface area contributed by atoms with Gasteiger partial charge in [-0.3, -0.25) is 4.79 Å². The zero-order chi connectivity index (χ0) is 20.3. The Bertz CT molecular complexity index is 954. The van der Waals surface area contributed by atoms with Crippen molar-refractivity contribution in [2.24, 2.45) is 0 Å². The molecule has 4 nitrogen and oxygen atoms in total. The number of aryl methyl sites for hydroxylation is 1. The van der Waals surface area contributed by atoms with E-state index in [1.807, 2.05) is 44.2 Å². The van der Waals surface area contributed by atoms with Gasteiger partial charge in [-0.15, -0.1) is 0 Å². The summed E-state index contributed by atoms with van der Waals surface area (Å²) in [6.45, 7) is 8.16. The Morgan fingerprint density at radius 1 is 1.07 bits per heavy atom. The van der Waals surface area contributed by atoms with Gasteiger partial charge in [0, 0.05) is 17.4 Å². The van der Waals surface area contributed by atoms with Crippen LogP contribution in [0, 0.1) is 13.8 Å². The van der Waals surface area contributed by atoms with Crippen LogP contribution in [0.2, 0.25) is 0 Å². The van der Waals surface area contributed by atoms with Gasteiger partial charge in [-0.05, 0) is 75.2 Å². The Morgan fingerprint density at radius 2 is 1.71 bits per heavy atom. The summed E-state index contributed by atoms with van der Waals surface area (Å²) in [5.74, 6) is 0.774. The highest BCUT2D eigenvalue weighted by Gasteiger charge is 2.20. The minimum Gasteiger partial charge on any atom is -0.497 e. The number of carbonyl (C=O) groups is 1. The molecule has 0 saturated carbocycles. The predicted molar refractivity (Wildman–Crippen MR) is 114 cm³/mol. The molecule has 3 rings (SSSR count). The molecule has 1 N–H and O–H groups in total. The largest absolute Gasteiger partial charge is 0.497 e. The van der Waals surface area contributed by atoms with Crippen molar-refractivity contribution in [3.05, 3.63) is 71.4 Å². The van der Waals surface area contributed by atoms with Crippen LogP contribution in [0.15, 0.2) is 54.6 Å². The van der Waals surface area contributed by atoms with Crippen LogP contribution < -0.4 is 10.1 Å². The van der Waals surface area contributed by atoms with Crippen molar-refractivity contribution in [1.29, 1.82) is 0 Å². The number of benzene rings is 2. The van der Waals surface area contributed by atoms with E-state index in [1.54, 1.807) is 7.11 Å². The van der Waals surface area contributed by atoms with Gasteiger partial charge in [0.25, 0.3) is 5.91 Å². The summed E-state index contributed by atoms with van der Waals surface area (Å²) in [6, 6.07) is 18.4. The van der Waals surface area contributed by atoms with Crippen molar-refractivity contribution in [3.8, 4) is 22.7 Å². The van der Waals surface area contributed by atoms with Crippen molar-refractivity contribution in [1.82, 2.24) is 9.88 Å². The van der Waals surface area contributed by atoms with E-state index in [0.717, 1.165) is 34.8 Å². The van der Waals surface area contributed by atoms with Crippen LogP contribution in [0.5, 0.6) is 5.75 Å². The molecule has 4 heteroatoms. The average molecular weight is 377 g/mol. The smallest absolute Gasteiger partial charge is 0.253 e. The number of rotatable bonds is 6. The summed E-state index contributed by atoms with van der Waals surface area (Å²) >= 11 is 0. The Hall–Kier alpha value is -3.01. The van der Waals surface area contributed by atoms with Crippen molar-refractivity contribution in [2.45, 2.75) is 40.2 Å². The van der Waals surface area contributed by atoms with Crippen molar-refractivity contribution in [2.75, 3.05) is 7.11 Å². The van der Waals surface area contributed by atoms with E-state index in [0.29, 0.717) is 5.56 Å². The number of carbonyl (C=O) groups excluding carboxylic acids is 1. The maximum atomic E-state index is 12.9. The van der Waals surface area contributed by atoms with Crippen LogP contribution >= 0.6 is 0 Å². The second-order valence-corrected chi connectivity index (χ2v) is 7.21. The lowest BCUT2D eigenvalue weighted by Crippen LogP contribution is -2.32. The van der Waals surface area contributed by atoms with Crippen LogP contribution in [0.3, 0.4) is 0 Å². The summed E-state index contributed by atoms with van der Waals surface area (Å²) < 4.78 is 7.43. The van der Waals surface area contributed by atoms with Crippen LogP contribution in [-0.4, -0.2) is 23.6 Å². The molecule has 0 spiro atoms. The highest BCUT2D eigenvalue weighted by Crippen LogP contribution is 2.31.